The predicted molar refractivity (Wildman–Crippen MR) is 86.3 cm³/mol. The summed E-state index contributed by atoms with van der Waals surface area (Å²) < 4.78 is 1.83. The maximum absolute atomic E-state index is 12.8. The highest BCUT2D eigenvalue weighted by Crippen LogP contribution is 2.33. The van der Waals surface area contributed by atoms with Crippen LogP contribution in [0.2, 0.25) is 0 Å². The third-order valence-corrected chi connectivity index (χ3v) is 5.32. The number of hydrogen-bond donors (Lipinski definition) is 1. The van der Waals surface area contributed by atoms with Crippen LogP contribution in [0.5, 0.6) is 0 Å². The van der Waals surface area contributed by atoms with Gasteiger partial charge in [0.1, 0.15) is 0 Å². The van der Waals surface area contributed by atoms with Crippen molar-refractivity contribution in [2.45, 2.75) is 45.1 Å². The minimum Gasteiger partial charge on any atom is -0.336 e. The lowest BCUT2D eigenvalue weighted by Gasteiger charge is -2.30. The van der Waals surface area contributed by atoms with E-state index in [1.807, 2.05) is 24.1 Å². The maximum Gasteiger partial charge on any atom is 0.223 e. The van der Waals surface area contributed by atoms with E-state index in [4.69, 9.17) is 0 Å². The van der Waals surface area contributed by atoms with Crippen molar-refractivity contribution in [2.75, 3.05) is 19.6 Å². The molecular formula is C17H28N4O. The van der Waals surface area contributed by atoms with E-state index >= 15 is 0 Å². The van der Waals surface area contributed by atoms with Crippen molar-refractivity contribution in [3.05, 3.63) is 18.0 Å². The Labute approximate surface area is 133 Å². The molecule has 0 radical (unpaired) electrons. The van der Waals surface area contributed by atoms with E-state index in [9.17, 15) is 4.79 Å². The van der Waals surface area contributed by atoms with Crippen LogP contribution in [0.25, 0.3) is 0 Å². The molecule has 22 heavy (non-hydrogen) atoms. The molecule has 3 rings (SSSR count). The molecule has 2 saturated heterocycles. The Morgan fingerprint density at radius 2 is 2.32 bits per heavy atom. The molecule has 122 valence electrons. The van der Waals surface area contributed by atoms with Crippen LogP contribution < -0.4 is 5.32 Å². The second-order valence-electron chi connectivity index (χ2n) is 6.98. The molecule has 1 N–H and O–H groups in total. The van der Waals surface area contributed by atoms with Crippen molar-refractivity contribution in [3.63, 3.8) is 0 Å². The van der Waals surface area contributed by atoms with Crippen molar-refractivity contribution in [3.8, 4) is 0 Å². The summed E-state index contributed by atoms with van der Waals surface area (Å²) >= 11 is 0. The highest BCUT2D eigenvalue weighted by Gasteiger charge is 2.32. The van der Waals surface area contributed by atoms with Gasteiger partial charge in [0.15, 0.2) is 0 Å². The largest absolute Gasteiger partial charge is 0.336 e. The Morgan fingerprint density at radius 1 is 1.45 bits per heavy atom. The first kappa shape index (κ1) is 15.5. The molecule has 3 heterocycles. The number of aryl methyl sites for hydroxylation is 1. The van der Waals surface area contributed by atoms with Gasteiger partial charge < -0.3 is 10.2 Å². The van der Waals surface area contributed by atoms with E-state index in [1.165, 1.54) is 18.4 Å². The summed E-state index contributed by atoms with van der Waals surface area (Å²) in [6.07, 6.45) is 9.30. The van der Waals surface area contributed by atoms with E-state index in [1.54, 1.807) is 0 Å². The van der Waals surface area contributed by atoms with Crippen molar-refractivity contribution in [2.24, 2.45) is 18.9 Å². The summed E-state index contributed by atoms with van der Waals surface area (Å²) in [6.45, 7) is 5.34. The normalized spacial score (nSPS) is 27.1. The molecule has 0 bridgehead atoms. The number of likely N-dealkylation sites (tertiary alicyclic amines) is 1. The van der Waals surface area contributed by atoms with Crippen molar-refractivity contribution in [1.29, 1.82) is 0 Å². The molecule has 3 unspecified atom stereocenters. The number of nitrogens with one attached hydrogen (secondary N) is 1. The van der Waals surface area contributed by atoms with E-state index < -0.39 is 0 Å². The van der Waals surface area contributed by atoms with Gasteiger partial charge in [-0.05, 0) is 50.6 Å². The van der Waals surface area contributed by atoms with Gasteiger partial charge in [-0.2, -0.15) is 5.10 Å². The number of carbonyl (C=O) groups is 1. The first-order valence-electron chi connectivity index (χ1n) is 8.64. The van der Waals surface area contributed by atoms with Crippen molar-refractivity contribution < 1.29 is 4.79 Å². The van der Waals surface area contributed by atoms with Crippen LogP contribution in [0, 0.1) is 11.8 Å². The summed E-state index contributed by atoms with van der Waals surface area (Å²) in [6, 6.07) is 0.234. The zero-order valence-corrected chi connectivity index (χ0v) is 13.8. The minimum atomic E-state index is 0.234. The van der Waals surface area contributed by atoms with Crippen LogP contribution in [0.4, 0.5) is 0 Å². The lowest BCUT2D eigenvalue weighted by atomic mass is 9.85. The molecular weight excluding hydrogens is 276 g/mol. The van der Waals surface area contributed by atoms with Crippen LogP contribution in [0.1, 0.15) is 50.6 Å². The number of aromatic nitrogens is 2. The Hall–Kier alpha value is -1.36. The second-order valence-corrected chi connectivity index (χ2v) is 6.98. The third-order valence-electron chi connectivity index (χ3n) is 5.32. The van der Waals surface area contributed by atoms with Crippen LogP contribution >= 0.6 is 0 Å². The molecule has 2 aliphatic heterocycles. The lowest BCUT2D eigenvalue weighted by Crippen LogP contribution is -2.37. The van der Waals surface area contributed by atoms with Crippen molar-refractivity contribution in [1.82, 2.24) is 20.0 Å². The Balaban J connectivity index is 1.60. The molecule has 2 aliphatic rings. The zero-order valence-electron chi connectivity index (χ0n) is 13.8. The number of nitrogens with zero attached hydrogens (tertiary/aromatic N) is 3. The number of carbonyl (C=O) groups excluding carboxylic acids is 1. The highest BCUT2D eigenvalue weighted by atomic mass is 16.2. The maximum atomic E-state index is 12.8. The van der Waals surface area contributed by atoms with Gasteiger partial charge in [-0.15, -0.1) is 0 Å². The van der Waals surface area contributed by atoms with E-state index in [0.717, 1.165) is 32.5 Å². The van der Waals surface area contributed by atoms with Crippen LogP contribution in [-0.4, -0.2) is 40.2 Å². The molecule has 5 nitrogen and oxygen atoms in total. The standard InChI is InChI=1S/C17H28N4O/c1-13(14-5-3-7-18-10-14)9-17(22)21-8-4-6-16(21)15-11-19-20(2)12-15/h11-14,16,18H,3-10H2,1-2H3. The minimum absolute atomic E-state index is 0.234. The Kier molecular flexibility index (Phi) is 4.81. The molecule has 3 atom stereocenters. The summed E-state index contributed by atoms with van der Waals surface area (Å²) in [5, 5.41) is 7.72. The molecule has 0 saturated carbocycles. The molecule has 0 aromatic carbocycles. The van der Waals surface area contributed by atoms with Crippen LogP contribution in [-0.2, 0) is 11.8 Å². The van der Waals surface area contributed by atoms with Gasteiger partial charge in [-0.25, -0.2) is 0 Å². The Bertz CT molecular complexity index is 507. The number of rotatable bonds is 4. The first-order valence-corrected chi connectivity index (χ1v) is 8.64. The quantitative estimate of drug-likeness (QED) is 0.927. The molecule has 1 amide bonds. The lowest BCUT2D eigenvalue weighted by molar-refractivity contribution is -0.133. The summed E-state index contributed by atoms with van der Waals surface area (Å²) in [4.78, 5) is 14.9. The number of piperidine rings is 1. The van der Waals surface area contributed by atoms with Gasteiger partial charge in [-0.3, -0.25) is 9.48 Å². The van der Waals surface area contributed by atoms with Gasteiger partial charge in [0.25, 0.3) is 0 Å². The molecule has 0 aliphatic carbocycles. The molecule has 0 spiro atoms. The second kappa shape index (κ2) is 6.82. The molecule has 1 aromatic rings. The smallest absolute Gasteiger partial charge is 0.223 e. The van der Waals surface area contributed by atoms with Crippen LogP contribution in [0.3, 0.4) is 0 Å². The molecule has 1 aromatic heterocycles. The fourth-order valence-electron chi connectivity index (χ4n) is 3.95. The molecule has 5 heteroatoms. The van der Waals surface area contributed by atoms with Gasteiger partial charge in [0.2, 0.25) is 5.91 Å². The van der Waals surface area contributed by atoms with E-state index in [0.29, 0.717) is 24.2 Å². The van der Waals surface area contributed by atoms with Gasteiger partial charge in [0.05, 0.1) is 12.2 Å². The monoisotopic (exact) mass is 304 g/mol. The summed E-state index contributed by atoms with van der Waals surface area (Å²) in [7, 11) is 1.93. The van der Waals surface area contributed by atoms with Crippen molar-refractivity contribution >= 4 is 5.91 Å². The number of amides is 1. The topological polar surface area (TPSA) is 50.2 Å². The summed E-state index contributed by atoms with van der Waals surface area (Å²) in [5.41, 5.74) is 1.18. The predicted octanol–water partition coefficient (Wildman–Crippen LogP) is 2.11. The number of hydrogen-bond acceptors (Lipinski definition) is 3. The zero-order chi connectivity index (χ0) is 15.5. The highest BCUT2D eigenvalue weighted by molar-refractivity contribution is 5.77. The van der Waals surface area contributed by atoms with Gasteiger partial charge >= 0.3 is 0 Å². The third kappa shape index (κ3) is 3.35. The van der Waals surface area contributed by atoms with Gasteiger partial charge in [0, 0.05) is 31.8 Å². The van der Waals surface area contributed by atoms with Crippen LogP contribution in [0.15, 0.2) is 12.4 Å². The SMILES string of the molecule is CC(CC(=O)N1CCCC1c1cnn(C)c1)C1CCCNC1. The van der Waals surface area contributed by atoms with E-state index in [2.05, 4.69) is 22.2 Å². The van der Waals surface area contributed by atoms with Gasteiger partial charge in [-0.1, -0.05) is 6.92 Å². The molecule has 2 fully saturated rings. The first-order chi connectivity index (χ1) is 10.6. The Morgan fingerprint density at radius 3 is 3.00 bits per heavy atom. The van der Waals surface area contributed by atoms with E-state index in [-0.39, 0.29) is 6.04 Å². The fraction of sp³-hybridized carbons (Fsp3) is 0.765. The average Bonchev–Trinajstić information content (AvgIpc) is 3.16. The fourth-order valence-corrected chi connectivity index (χ4v) is 3.95. The average molecular weight is 304 g/mol. The summed E-state index contributed by atoms with van der Waals surface area (Å²) in [5.74, 6) is 1.44.